The maximum atomic E-state index is 12.5. The molecule has 26 heavy (non-hydrogen) atoms. The molecule has 4 rings (SSSR count). The molecule has 1 aliphatic rings. The molecule has 1 amide bonds. The number of thiophene rings is 1. The second kappa shape index (κ2) is 7.43. The Morgan fingerprint density at radius 3 is 2.81 bits per heavy atom. The highest BCUT2D eigenvalue weighted by atomic mass is 32.1. The van der Waals surface area contributed by atoms with Gasteiger partial charge in [-0.05, 0) is 29.5 Å². The molecule has 0 fully saturated rings. The quantitative estimate of drug-likeness (QED) is 0.754. The van der Waals surface area contributed by atoms with E-state index in [1.165, 1.54) is 4.88 Å². The van der Waals surface area contributed by atoms with Crippen LogP contribution in [0.25, 0.3) is 0 Å². The highest BCUT2D eigenvalue weighted by Crippen LogP contribution is 2.24. The van der Waals surface area contributed by atoms with Crippen LogP contribution < -0.4 is 0 Å². The van der Waals surface area contributed by atoms with Gasteiger partial charge >= 0.3 is 0 Å². The Labute approximate surface area is 156 Å². The number of aromatic nitrogens is 2. The number of carbonyl (C=O) groups is 1. The summed E-state index contributed by atoms with van der Waals surface area (Å²) in [6.45, 7) is 1.89. The van der Waals surface area contributed by atoms with E-state index in [9.17, 15) is 9.90 Å². The Kier molecular flexibility index (Phi) is 4.86. The van der Waals surface area contributed by atoms with E-state index < -0.39 is 6.10 Å². The average Bonchev–Trinajstić information content (AvgIpc) is 3.35. The fourth-order valence-corrected chi connectivity index (χ4v) is 3.99. The van der Waals surface area contributed by atoms with Crippen molar-refractivity contribution in [2.24, 2.45) is 0 Å². The first kappa shape index (κ1) is 17.0. The van der Waals surface area contributed by atoms with Gasteiger partial charge in [0, 0.05) is 17.8 Å². The lowest BCUT2D eigenvalue weighted by atomic mass is 10.1. The number of carbonyl (C=O) groups excluding carboxylic acids is 1. The first-order valence-electron chi connectivity index (χ1n) is 8.80. The van der Waals surface area contributed by atoms with Gasteiger partial charge in [0.2, 0.25) is 5.91 Å². The molecule has 134 valence electrons. The van der Waals surface area contributed by atoms with Crippen LogP contribution in [0, 0.1) is 0 Å². The first-order chi connectivity index (χ1) is 12.7. The highest BCUT2D eigenvalue weighted by Gasteiger charge is 2.24. The lowest BCUT2D eigenvalue weighted by Crippen LogP contribution is -2.38. The van der Waals surface area contributed by atoms with E-state index in [2.05, 4.69) is 11.2 Å². The van der Waals surface area contributed by atoms with E-state index in [1.54, 1.807) is 11.3 Å². The van der Waals surface area contributed by atoms with Crippen LogP contribution in [0.1, 0.15) is 34.4 Å². The third-order valence-electron chi connectivity index (χ3n) is 4.73. The van der Waals surface area contributed by atoms with Gasteiger partial charge in [-0.25, -0.2) is 0 Å². The Morgan fingerprint density at radius 1 is 1.19 bits per heavy atom. The van der Waals surface area contributed by atoms with Crippen molar-refractivity contribution in [3.8, 4) is 0 Å². The second-order valence-electron chi connectivity index (χ2n) is 6.49. The van der Waals surface area contributed by atoms with Crippen LogP contribution in [0.4, 0.5) is 0 Å². The lowest BCUT2D eigenvalue weighted by Gasteiger charge is -2.27. The minimum atomic E-state index is -0.739. The summed E-state index contributed by atoms with van der Waals surface area (Å²) >= 11 is 1.69. The molecular formula is C20H21N3O2S. The predicted molar refractivity (Wildman–Crippen MR) is 101 cm³/mol. The molecule has 2 aromatic heterocycles. The summed E-state index contributed by atoms with van der Waals surface area (Å²) in [4.78, 5) is 15.7. The van der Waals surface area contributed by atoms with Gasteiger partial charge in [-0.1, -0.05) is 36.4 Å². The molecule has 0 bridgehead atoms. The largest absolute Gasteiger partial charge is 0.382 e. The van der Waals surface area contributed by atoms with Gasteiger partial charge in [-0.15, -0.1) is 11.3 Å². The molecule has 1 N–H and O–H groups in total. The van der Waals surface area contributed by atoms with Crippen LogP contribution in [0.5, 0.6) is 0 Å². The van der Waals surface area contributed by atoms with Gasteiger partial charge in [0.15, 0.2) is 0 Å². The van der Waals surface area contributed by atoms with Crippen LogP contribution in [0.3, 0.4) is 0 Å². The van der Waals surface area contributed by atoms with Gasteiger partial charge < -0.3 is 10.0 Å². The SMILES string of the molecule is O=C(CCc1cccs1)N1CCn2nc([C@H](O)c3ccccc3)cc2C1. The number of benzene rings is 1. The molecule has 0 radical (unpaired) electrons. The highest BCUT2D eigenvalue weighted by molar-refractivity contribution is 7.09. The minimum absolute atomic E-state index is 0.177. The van der Waals surface area contributed by atoms with Crippen molar-refractivity contribution in [1.29, 1.82) is 0 Å². The van der Waals surface area contributed by atoms with Gasteiger partial charge in [-0.2, -0.15) is 5.10 Å². The molecule has 1 atom stereocenters. The number of hydrogen-bond acceptors (Lipinski definition) is 4. The molecule has 0 spiro atoms. The molecule has 0 aliphatic carbocycles. The number of aryl methyl sites for hydroxylation is 1. The van der Waals surface area contributed by atoms with Crippen molar-refractivity contribution in [2.45, 2.75) is 32.0 Å². The topological polar surface area (TPSA) is 58.4 Å². The molecule has 0 unspecified atom stereocenters. The normalized spacial score (nSPS) is 14.9. The standard InChI is InChI=1S/C20H21N3O2S/c24-19(9-8-17-7-4-12-26-17)22-10-11-23-16(14-22)13-18(21-23)20(25)15-5-2-1-3-6-15/h1-7,12-13,20,25H,8-11,14H2/t20-/m1/s1. The van der Waals surface area contributed by atoms with Crippen molar-refractivity contribution in [3.05, 3.63) is 75.7 Å². The smallest absolute Gasteiger partial charge is 0.223 e. The number of hydrogen-bond donors (Lipinski definition) is 1. The van der Waals surface area contributed by atoms with Crippen molar-refractivity contribution in [1.82, 2.24) is 14.7 Å². The van der Waals surface area contributed by atoms with Crippen LogP contribution in [0.15, 0.2) is 53.9 Å². The minimum Gasteiger partial charge on any atom is -0.382 e. The molecule has 0 saturated heterocycles. The van der Waals surface area contributed by atoms with Gasteiger partial charge in [0.1, 0.15) is 6.10 Å². The summed E-state index contributed by atoms with van der Waals surface area (Å²) in [5.74, 6) is 0.177. The van der Waals surface area contributed by atoms with Gasteiger partial charge in [0.05, 0.1) is 24.5 Å². The lowest BCUT2D eigenvalue weighted by molar-refractivity contribution is -0.132. The van der Waals surface area contributed by atoms with E-state index in [4.69, 9.17) is 0 Å². The summed E-state index contributed by atoms with van der Waals surface area (Å²) < 4.78 is 1.91. The van der Waals surface area contributed by atoms with Crippen molar-refractivity contribution in [2.75, 3.05) is 6.54 Å². The van der Waals surface area contributed by atoms with E-state index in [-0.39, 0.29) is 5.91 Å². The third kappa shape index (κ3) is 3.57. The Morgan fingerprint density at radius 2 is 2.04 bits per heavy atom. The Balaban J connectivity index is 1.42. The summed E-state index contributed by atoms with van der Waals surface area (Å²) in [5, 5.41) is 17.1. The molecule has 1 aromatic carbocycles. The molecule has 0 saturated carbocycles. The molecule has 5 nitrogen and oxygen atoms in total. The van der Waals surface area contributed by atoms with Crippen LogP contribution in [-0.2, 0) is 24.3 Å². The zero-order chi connectivity index (χ0) is 17.9. The van der Waals surface area contributed by atoms with E-state index >= 15 is 0 Å². The zero-order valence-corrected chi connectivity index (χ0v) is 15.2. The van der Waals surface area contributed by atoms with Crippen molar-refractivity contribution < 1.29 is 9.90 Å². The number of aliphatic hydroxyl groups is 1. The van der Waals surface area contributed by atoms with Crippen LogP contribution >= 0.6 is 11.3 Å². The summed E-state index contributed by atoms with van der Waals surface area (Å²) in [5.41, 5.74) is 2.44. The monoisotopic (exact) mass is 367 g/mol. The van der Waals surface area contributed by atoms with Crippen LogP contribution in [-0.4, -0.2) is 32.2 Å². The number of rotatable bonds is 5. The Bertz CT molecular complexity index is 874. The van der Waals surface area contributed by atoms with Gasteiger partial charge in [0.25, 0.3) is 0 Å². The maximum absolute atomic E-state index is 12.5. The summed E-state index contributed by atoms with van der Waals surface area (Å²) in [7, 11) is 0. The van der Waals surface area contributed by atoms with E-state index in [0.717, 1.165) is 17.7 Å². The van der Waals surface area contributed by atoms with Crippen molar-refractivity contribution >= 4 is 17.2 Å². The zero-order valence-electron chi connectivity index (χ0n) is 14.4. The fourth-order valence-electron chi connectivity index (χ4n) is 3.28. The second-order valence-corrected chi connectivity index (χ2v) is 7.52. The predicted octanol–water partition coefficient (Wildman–Crippen LogP) is 3.00. The number of nitrogens with zero attached hydrogens (tertiary/aromatic N) is 3. The fraction of sp³-hybridized carbons (Fsp3) is 0.300. The number of aliphatic hydroxyl groups excluding tert-OH is 1. The molecule has 3 heterocycles. The molecule has 1 aliphatic heterocycles. The van der Waals surface area contributed by atoms with E-state index in [0.29, 0.717) is 31.7 Å². The maximum Gasteiger partial charge on any atom is 0.223 e. The van der Waals surface area contributed by atoms with Gasteiger partial charge in [-0.3, -0.25) is 9.48 Å². The summed E-state index contributed by atoms with van der Waals surface area (Å²) in [6.07, 6.45) is 0.593. The molecule has 3 aromatic rings. The Hall–Kier alpha value is -2.44. The summed E-state index contributed by atoms with van der Waals surface area (Å²) in [6, 6.07) is 15.5. The first-order valence-corrected chi connectivity index (χ1v) is 9.68. The molecule has 6 heteroatoms. The number of amides is 1. The van der Waals surface area contributed by atoms with Crippen LogP contribution in [0.2, 0.25) is 0 Å². The van der Waals surface area contributed by atoms with Crippen molar-refractivity contribution in [3.63, 3.8) is 0 Å². The van der Waals surface area contributed by atoms with E-state index in [1.807, 2.05) is 57.4 Å². The third-order valence-corrected chi connectivity index (χ3v) is 5.67. The average molecular weight is 367 g/mol. The molecular weight excluding hydrogens is 346 g/mol. The number of fused-ring (bicyclic) bond motifs is 1.